The lowest BCUT2D eigenvalue weighted by Gasteiger charge is -2.16. The van der Waals surface area contributed by atoms with Crippen molar-refractivity contribution in [3.05, 3.63) is 95.1 Å². The summed E-state index contributed by atoms with van der Waals surface area (Å²) in [4.78, 5) is 25.2. The highest BCUT2D eigenvalue weighted by Gasteiger charge is 2.16. The number of nitrogens with one attached hydrogen (secondary N) is 2. The van der Waals surface area contributed by atoms with Crippen LogP contribution in [-0.2, 0) is 4.79 Å². The summed E-state index contributed by atoms with van der Waals surface area (Å²) in [7, 11) is 0. The minimum Gasteiger partial charge on any atom is -0.483 e. The van der Waals surface area contributed by atoms with Crippen molar-refractivity contribution in [1.29, 1.82) is 0 Å². The van der Waals surface area contributed by atoms with Gasteiger partial charge in [-0.1, -0.05) is 60.2 Å². The van der Waals surface area contributed by atoms with E-state index in [4.69, 9.17) is 4.74 Å². The van der Waals surface area contributed by atoms with Gasteiger partial charge in [-0.15, -0.1) is 0 Å². The highest BCUT2D eigenvalue weighted by molar-refractivity contribution is 6.04. The van der Waals surface area contributed by atoms with E-state index in [2.05, 4.69) is 10.6 Å². The lowest BCUT2D eigenvalue weighted by molar-refractivity contribution is -0.118. The topological polar surface area (TPSA) is 67.4 Å². The van der Waals surface area contributed by atoms with E-state index < -0.39 is 0 Å². The van der Waals surface area contributed by atoms with Crippen LogP contribution in [0.5, 0.6) is 5.75 Å². The molecule has 0 fully saturated rings. The molecule has 5 heteroatoms. The summed E-state index contributed by atoms with van der Waals surface area (Å²) in [5.41, 5.74) is 3.96. The average molecular weight is 402 g/mol. The average Bonchev–Trinajstić information content (AvgIpc) is 2.74. The molecule has 3 rings (SSSR count). The first-order chi connectivity index (χ1) is 14.4. The number of carbonyl (C=O) groups excluding carboxylic acids is 2. The van der Waals surface area contributed by atoms with Gasteiger partial charge < -0.3 is 15.4 Å². The van der Waals surface area contributed by atoms with Crippen molar-refractivity contribution < 1.29 is 14.3 Å². The van der Waals surface area contributed by atoms with Gasteiger partial charge in [0.1, 0.15) is 5.75 Å². The Kier molecular flexibility index (Phi) is 6.86. The second-order valence-corrected chi connectivity index (χ2v) is 7.26. The van der Waals surface area contributed by atoms with Gasteiger partial charge in [0, 0.05) is 0 Å². The first kappa shape index (κ1) is 21.1. The van der Waals surface area contributed by atoms with Gasteiger partial charge in [0.2, 0.25) is 0 Å². The van der Waals surface area contributed by atoms with Crippen LogP contribution >= 0.6 is 0 Å². The maximum atomic E-state index is 12.8. The number of hydrogen-bond acceptors (Lipinski definition) is 3. The minimum atomic E-state index is -0.327. The summed E-state index contributed by atoms with van der Waals surface area (Å²) >= 11 is 0. The fourth-order valence-electron chi connectivity index (χ4n) is 3.18. The minimum absolute atomic E-state index is 0.139. The molecule has 0 unspecified atom stereocenters. The van der Waals surface area contributed by atoms with Crippen LogP contribution in [0.25, 0.3) is 0 Å². The van der Waals surface area contributed by atoms with Gasteiger partial charge in [-0.2, -0.15) is 0 Å². The molecule has 5 nitrogen and oxygen atoms in total. The molecule has 3 aromatic carbocycles. The van der Waals surface area contributed by atoms with Crippen molar-refractivity contribution in [1.82, 2.24) is 5.32 Å². The molecule has 0 heterocycles. The Labute approximate surface area is 177 Å². The zero-order chi connectivity index (χ0) is 21.5. The maximum absolute atomic E-state index is 12.8. The van der Waals surface area contributed by atoms with Crippen LogP contribution in [0.2, 0.25) is 0 Å². The maximum Gasteiger partial charge on any atom is 0.262 e. The third kappa shape index (κ3) is 5.47. The zero-order valence-corrected chi connectivity index (χ0v) is 17.4. The van der Waals surface area contributed by atoms with Gasteiger partial charge in [0.05, 0.1) is 17.3 Å². The fraction of sp³-hybridized carbons (Fsp3) is 0.200. The number of amides is 2. The van der Waals surface area contributed by atoms with Gasteiger partial charge in [-0.3, -0.25) is 9.59 Å². The van der Waals surface area contributed by atoms with Crippen molar-refractivity contribution in [2.24, 2.45) is 0 Å². The van der Waals surface area contributed by atoms with E-state index in [0.717, 1.165) is 16.7 Å². The number of para-hydroxylation sites is 1. The van der Waals surface area contributed by atoms with Crippen LogP contribution in [0, 0.1) is 13.8 Å². The standard InChI is InChI=1S/C25H26N2O3/c1-17-13-14-23(18(2)15-17)30-16-24(28)27-22-12-8-7-11-21(22)25(29)26-19(3)20-9-5-4-6-10-20/h4-15,19H,16H2,1-3H3,(H,26,29)(H,27,28)/t19-/m0/s1. The Morgan fingerprint density at radius 1 is 0.933 bits per heavy atom. The van der Waals surface area contributed by atoms with Gasteiger partial charge in [0.15, 0.2) is 6.61 Å². The molecule has 0 aliphatic carbocycles. The predicted molar refractivity (Wildman–Crippen MR) is 119 cm³/mol. The van der Waals surface area contributed by atoms with E-state index in [1.165, 1.54) is 0 Å². The highest BCUT2D eigenvalue weighted by atomic mass is 16.5. The second kappa shape index (κ2) is 9.74. The quantitative estimate of drug-likeness (QED) is 0.596. The Bertz CT molecular complexity index is 1030. The smallest absolute Gasteiger partial charge is 0.262 e. The molecule has 0 spiro atoms. The van der Waals surface area contributed by atoms with Crippen LogP contribution in [0.1, 0.15) is 40.0 Å². The molecule has 1 atom stereocenters. The van der Waals surface area contributed by atoms with Crippen LogP contribution < -0.4 is 15.4 Å². The number of benzene rings is 3. The SMILES string of the molecule is Cc1ccc(OCC(=O)Nc2ccccc2C(=O)N[C@@H](C)c2ccccc2)c(C)c1. The molecule has 2 amide bonds. The summed E-state index contributed by atoms with van der Waals surface area (Å²) < 4.78 is 5.64. The fourth-order valence-corrected chi connectivity index (χ4v) is 3.18. The van der Waals surface area contributed by atoms with E-state index in [9.17, 15) is 9.59 Å². The Morgan fingerprint density at radius 3 is 2.37 bits per heavy atom. The van der Waals surface area contributed by atoms with Crippen molar-refractivity contribution in [2.75, 3.05) is 11.9 Å². The number of ether oxygens (including phenoxy) is 1. The van der Waals surface area contributed by atoms with Gasteiger partial charge in [-0.25, -0.2) is 0 Å². The van der Waals surface area contributed by atoms with E-state index in [1.807, 2.05) is 69.3 Å². The summed E-state index contributed by atoms with van der Waals surface area (Å²) in [5.74, 6) is 0.0855. The van der Waals surface area contributed by atoms with Gasteiger partial charge in [-0.05, 0) is 50.1 Å². The molecule has 0 saturated heterocycles. The van der Waals surface area contributed by atoms with E-state index in [1.54, 1.807) is 24.3 Å². The predicted octanol–water partition coefficient (Wildman–Crippen LogP) is 4.81. The number of aryl methyl sites for hydroxylation is 2. The Morgan fingerprint density at radius 2 is 1.63 bits per heavy atom. The van der Waals surface area contributed by atoms with Crippen LogP contribution in [0.15, 0.2) is 72.8 Å². The molecule has 0 aliphatic rings. The molecule has 0 bridgehead atoms. The monoisotopic (exact) mass is 402 g/mol. The summed E-state index contributed by atoms with van der Waals surface area (Å²) in [6, 6.07) is 22.3. The molecule has 154 valence electrons. The molecular formula is C25H26N2O3. The second-order valence-electron chi connectivity index (χ2n) is 7.26. The summed E-state index contributed by atoms with van der Waals surface area (Å²) in [6.07, 6.45) is 0. The van der Waals surface area contributed by atoms with Crippen LogP contribution in [0.3, 0.4) is 0 Å². The van der Waals surface area contributed by atoms with Gasteiger partial charge in [0.25, 0.3) is 11.8 Å². The molecule has 30 heavy (non-hydrogen) atoms. The number of carbonyl (C=O) groups is 2. The molecule has 3 aromatic rings. The number of rotatable bonds is 7. The van der Waals surface area contributed by atoms with Crippen molar-refractivity contribution >= 4 is 17.5 Å². The molecule has 2 N–H and O–H groups in total. The first-order valence-electron chi connectivity index (χ1n) is 9.89. The van der Waals surface area contributed by atoms with E-state index in [-0.39, 0.29) is 24.5 Å². The van der Waals surface area contributed by atoms with E-state index in [0.29, 0.717) is 17.0 Å². The zero-order valence-electron chi connectivity index (χ0n) is 17.4. The third-order valence-electron chi connectivity index (χ3n) is 4.78. The van der Waals surface area contributed by atoms with Crippen molar-refractivity contribution in [2.45, 2.75) is 26.8 Å². The van der Waals surface area contributed by atoms with Crippen LogP contribution in [0.4, 0.5) is 5.69 Å². The van der Waals surface area contributed by atoms with Crippen LogP contribution in [-0.4, -0.2) is 18.4 Å². The number of anilines is 1. The normalized spacial score (nSPS) is 11.4. The molecule has 0 saturated carbocycles. The van der Waals surface area contributed by atoms with Gasteiger partial charge >= 0.3 is 0 Å². The lowest BCUT2D eigenvalue weighted by Crippen LogP contribution is -2.28. The highest BCUT2D eigenvalue weighted by Crippen LogP contribution is 2.20. The molecule has 0 aliphatic heterocycles. The summed E-state index contributed by atoms with van der Waals surface area (Å²) in [5, 5.41) is 5.76. The Balaban J connectivity index is 1.64. The van der Waals surface area contributed by atoms with E-state index >= 15 is 0 Å². The number of hydrogen-bond donors (Lipinski definition) is 2. The largest absolute Gasteiger partial charge is 0.483 e. The van der Waals surface area contributed by atoms with Crippen molar-refractivity contribution in [3.8, 4) is 5.75 Å². The van der Waals surface area contributed by atoms with Crippen molar-refractivity contribution in [3.63, 3.8) is 0 Å². The molecule has 0 aromatic heterocycles. The first-order valence-corrected chi connectivity index (χ1v) is 9.89. The molecular weight excluding hydrogens is 376 g/mol. The lowest BCUT2D eigenvalue weighted by atomic mass is 10.1. The Hall–Kier alpha value is -3.60. The molecule has 0 radical (unpaired) electrons. The third-order valence-corrected chi connectivity index (χ3v) is 4.78. The summed E-state index contributed by atoms with van der Waals surface area (Å²) in [6.45, 7) is 5.73.